The smallest absolute Gasteiger partial charge is 0.261 e. The van der Waals surface area contributed by atoms with Crippen LogP contribution in [0.15, 0.2) is 41.9 Å². The normalized spacial score (nSPS) is 10.8. The molecule has 0 saturated heterocycles. The summed E-state index contributed by atoms with van der Waals surface area (Å²) in [6.07, 6.45) is 2.76. The standard InChI is InChI=1S/C15H15N3OS/c1-11-4-2-6-14-17-12(10-18(11)14)7-8-16-15(19)13-5-3-9-20-13/h2-6,9-10H,7-8H2,1H3,(H,16,19). The number of nitrogens with zero attached hydrogens (tertiary/aromatic N) is 2. The first-order valence-electron chi connectivity index (χ1n) is 6.49. The van der Waals surface area contributed by atoms with E-state index in [9.17, 15) is 4.79 Å². The zero-order chi connectivity index (χ0) is 13.9. The zero-order valence-electron chi connectivity index (χ0n) is 11.2. The van der Waals surface area contributed by atoms with Crippen LogP contribution in [0.1, 0.15) is 21.1 Å². The van der Waals surface area contributed by atoms with Gasteiger partial charge in [0.15, 0.2) is 0 Å². The lowest BCUT2D eigenvalue weighted by molar-refractivity contribution is 0.0958. The van der Waals surface area contributed by atoms with E-state index in [1.807, 2.05) is 35.8 Å². The Hall–Kier alpha value is -2.14. The summed E-state index contributed by atoms with van der Waals surface area (Å²) in [7, 11) is 0. The van der Waals surface area contributed by atoms with E-state index in [0.29, 0.717) is 6.54 Å². The predicted octanol–water partition coefficient (Wildman–Crippen LogP) is 2.68. The average molecular weight is 285 g/mol. The van der Waals surface area contributed by atoms with Crippen LogP contribution in [0.5, 0.6) is 0 Å². The molecule has 4 nitrogen and oxygen atoms in total. The molecule has 3 aromatic rings. The molecule has 0 aliphatic carbocycles. The molecule has 20 heavy (non-hydrogen) atoms. The first-order valence-corrected chi connectivity index (χ1v) is 7.37. The van der Waals surface area contributed by atoms with E-state index in [-0.39, 0.29) is 5.91 Å². The number of hydrogen-bond donors (Lipinski definition) is 1. The van der Waals surface area contributed by atoms with Gasteiger partial charge in [-0.1, -0.05) is 12.1 Å². The maximum Gasteiger partial charge on any atom is 0.261 e. The Balaban J connectivity index is 1.63. The molecule has 0 radical (unpaired) electrons. The van der Waals surface area contributed by atoms with Crippen molar-refractivity contribution in [1.29, 1.82) is 0 Å². The van der Waals surface area contributed by atoms with Crippen molar-refractivity contribution in [3.05, 3.63) is 58.2 Å². The molecular weight excluding hydrogens is 270 g/mol. The highest BCUT2D eigenvalue weighted by atomic mass is 32.1. The lowest BCUT2D eigenvalue weighted by Crippen LogP contribution is -2.24. The molecule has 0 saturated carbocycles. The van der Waals surface area contributed by atoms with Crippen molar-refractivity contribution in [2.45, 2.75) is 13.3 Å². The number of imidazole rings is 1. The molecule has 0 unspecified atom stereocenters. The van der Waals surface area contributed by atoms with Crippen LogP contribution in [0.25, 0.3) is 5.65 Å². The third-order valence-corrected chi connectivity index (χ3v) is 4.03. The third-order valence-electron chi connectivity index (χ3n) is 3.16. The summed E-state index contributed by atoms with van der Waals surface area (Å²) in [5.74, 6) is -0.0139. The molecular formula is C15H15N3OS. The van der Waals surface area contributed by atoms with Crippen LogP contribution in [-0.4, -0.2) is 21.8 Å². The van der Waals surface area contributed by atoms with Crippen LogP contribution in [0.3, 0.4) is 0 Å². The fourth-order valence-corrected chi connectivity index (χ4v) is 2.76. The molecule has 3 rings (SSSR count). The molecule has 0 bridgehead atoms. The molecule has 0 aliphatic rings. The first kappa shape index (κ1) is 12.9. The summed E-state index contributed by atoms with van der Waals surface area (Å²) in [5, 5.41) is 4.82. The number of nitrogens with one attached hydrogen (secondary N) is 1. The largest absolute Gasteiger partial charge is 0.351 e. The van der Waals surface area contributed by atoms with E-state index < -0.39 is 0 Å². The SMILES string of the molecule is Cc1cccc2nc(CCNC(=O)c3cccs3)cn12. The van der Waals surface area contributed by atoms with Crippen molar-refractivity contribution in [1.82, 2.24) is 14.7 Å². The zero-order valence-corrected chi connectivity index (χ0v) is 12.0. The number of fused-ring (bicyclic) bond motifs is 1. The number of pyridine rings is 1. The Morgan fingerprint density at radius 2 is 2.25 bits per heavy atom. The quantitative estimate of drug-likeness (QED) is 0.801. The Morgan fingerprint density at radius 1 is 1.35 bits per heavy atom. The number of amides is 1. The van der Waals surface area contributed by atoms with Crippen LogP contribution >= 0.6 is 11.3 Å². The van der Waals surface area contributed by atoms with Gasteiger partial charge in [0.25, 0.3) is 5.91 Å². The minimum absolute atomic E-state index is 0.0139. The van der Waals surface area contributed by atoms with Crippen LogP contribution in [0, 0.1) is 6.92 Å². The maximum absolute atomic E-state index is 11.8. The van der Waals surface area contributed by atoms with Crippen LogP contribution in [0.4, 0.5) is 0 Å². The first-order chi connectivity index (χ1) is 9.74. The van der Waals surface area contributed by atoms with E-state index in [1.165, 1.54) is 11.3 Å². The number of carbonyl (C=O) groups excluding carboxylic acids is 1. The summed E-state index contributed by atoms with van der Waals surface area (Å²) in [4.78, 5) is 17.1. The summed E-state index contributed by atoms with van der Waals surface area (Å²) in [5.41, 5.74) is 3.10. The second-order valence-corrected chi connectivity index (χ2v) is 5.56. The van der Waals surface area contributed by atoms with Gasteiger partial charge in [0.1, 0.15) is 5.65 Å². The highest BCUT2D eigenvalue weighted by molar-refractivity contribution is 7.12. The van der Waals surface area contributed by atoms with E-state index in [4.69, 9.17) is 0 Å². The minimum Gasteiger partial charge on any atom is -0.351 e. The van der Waals surface area contributed by atoms with Crippen molar-refractivity contribution >= 4 is 22.9 Å². The van der Waals surface area contributed by atoms with E-state index in [1.54, 1.807) is 0 Å². The number of hydrogen-bond acceptors (Lipinski definition) is 3. The molecule has 102 valence electrons. The molecule has 0 atom stereocenters. The summed E-state index contributed by atoms with van der Waals surface area (Å²) >= 11 is 1.45. The van der Waals surface area contributed by atoms with Crippen LogP contribution < -0.4 is 5.32 Å². The van der Waals surface area contributed by atoms with Crippen molar-refractivity contribution < 1.29 is 4.79 Å². The summed E-state index contributed by atoms with van der Waals surface area (Å²) < 4.78 is 2.07. The number of aromatic nitrogens is 2. The van der Waals surface area contributed by atoms with Gasteiger partial charge in [0.05, 0.1) is 10.6 Å². The second-order valence-electron chi connectivity index (χ2n) is 4.61. The Morgan fingerprint density at radius 3 is 3.00 bits per heavy atom. The van der Waals surface area contributed by atoms with E-state index >= 15 is 0 Å². The monoisotopic (exact) mass is 285 g/mol. The summed E-state index contributed by atoms with van der Waals surface area (Å²) in [6, 6.07) is 9.75. The molecule has 1 N–H and O–H groups in total. The van der Waals surface area contributed by atoms with Gasteiger partial charge in [-0.2, -0.15) is 0 Å². The van der Waals surface area contributed by atoms with Gasteiger partial charge in [0, 0.05) is 24.9 Å². The van der Waals surface area contributed by atoms with Gasteiger partial charge in [0.2, 0.25) is 0 Å². The molecule has 5 heteroatoms. The molecule has 0 spiro atoms. The minimum atomic E-state index is -0.0139. The topological polar surface area (TPSA) is 46.4 Å². The van der Waals surface area contributed by atoms with Crippen LogP contribution in [0.2, 0.25) is 0 Å². The highest BCUT2D eigenvalue weighted by Crippen LogP contribution is 2.09. The number of aryl methyl sites for hydroxylation is 1. The fraction of sp³-hybridized carbons (Fsp3) is 0.200. The van der Waals surface area contributed by atoms with Gasteiger partial charge in [-0.05, 0) is 30.5 Å². The molecule has 3 heterocycles. The van der Waals surface area contributed by atoms with Gasteiger partial charge >= 0.3 is 0 Å². The Bertz CT molecular complexity index is 731. The summed E-state index contributed by atoms with van der Waals surface area (Å²) in [6.45, 7) is 2.65. The van der Waals surface area contributed by atoms with E-state index in [0.717, 1.165) is 28.3 Å². The molecule has 0 aromatic carbocycles. The lowest BCUT2D eigenvalue weighted by Gasteiger charge is -2.01. The van der Waals surface area contributed by atoms with Crippen molar-refractivity contribution in [3.8, 4) is 0 Å². The number of thiophene rings is 1. The number of carbonyl (C=O) groups is 1. The second kappa shape index (κ2) is 5.46. The molecule has 1 amide bonds. The van der Waals surface area contributed by atoms with Gasteiger partial charge < -0.3 is 9.72 Å². The number of rotatable bonds is 4. The molecule has 3 aromatic heterocycles. The van der Waals surface area contributed by atoms with Crippen molar-refractivity contribution in [2.24, 2.45) is 0 Å². The fourth-order valence-electron chi connectivity index (χ4n) is 2.12. The lowest BCUT2D eigenvalue weighted by atomic mass is 10.3. The average Bonchev–Trinajstić information content (AvgIpc) is 3.07. The van der Waals surface area contributed by atoms with Crippen molar-refractivity contribution in [2.75, 3.05) is 6.54 Å². The van der Waals surface area contributed by atoms with Gasteiger partial charge in [-0.15, -0.1) is 11.3 Å². The third kappa shape index (κ3) is 2.58. The van der Waals surface area contributed by atoms with Crippen LogP contribution in [-0.2, 0) is 6.42 Å². The predicted molar refractivity (Wildman–Crippen MR) is 80.3 cm³/mol. The Labute approximate surface area is 121 Å². The van der Waals surface area contributed by atoms with E-state index in [2.05, 4.69) is 27.7 Å². The molecule has 0 fully saturated rings. The molecule has 0 aliphatic heterocycles. The highest BCUT2D eigenvalue weighted by Gasteiger charge is 2.07. The Kier molecular flexibility index (Phi) is 3.52. The van der Waals surface area contributed by atoms with Gasteiger partial charge in [-0.25, -0.2) is 4.98 Å². The van der Waals surface area contributed by atoms with Crippen molar-refractivity contribution in [3.63, 3.8) is 0 Å². The maximum atomic E-state index is 11.8. The van der Waals surface area contributed by atoms with Gasteiger partial charge in [-0.3, -0.25) is 4.79 Å².